The number of ether oxygens (including phenoxy) is 1. The fourth-order valence-electron chi connectivity index (χ4n) is 1.20. The number of ketones is 1. The topological polar surface area (TPSA) is 43.4 Å². The summed E-state index contributed by atoms with van der Waals surface area (Å²) in [5.41, 5.74) is 0.533. The third-order valence-corrected chi connectivity index (χ3v) is 2.38. The van der Waals surface area contributed by atoms with Gasteiger partial charge in [-0.3, -0.25) is 4.79 Å². The lowest BCUT2D eigenvalue weighted by Gasteiger charge is -2.06. The van der Waals surface area contributed by atoms with Crippen molar-refractivity contribution in [1.29, 1.82) is 0 Å². The van der Waals surface area contributed by atoms with E-state index in [1.807, 2.05) is 0 Å². The summed E-state index contributed by atoms with van der Waals surface area (Å²) in [6.45, 7) is 1.56. The Balaban J connectivity index is 3.18. The van der Waals surface area contributed by atoms with Crippen molar-refractivity contribution in [3.8, 4) is 0 Å². The molecule has 5 heteroatoms. The molecule has 0 saturated carbocycles. The second kappa shape index (κ2) is 5.32. The highest BCUT2D eigenvalue weighted by Crippen LogP contribution is 2.18. The van der Waals surface area contributed by atoms with Crippen molar-refractivity contribution in [3.05, 3.63) is 34.3 Å². The molecule has 0 amide bonds. The second-order valence-electron chi connectivity index (χ2n) is 3.20. The molecule has 1 unspecified atom stereocenters. The minimum Gasteiger partial charge on any atom is -0.465 e. The summed E-state index contributed by atoms with van der Waals surface area (Å²) in [6.07, 6.45) is 0. The van der Waals surface area contributed by atoms with Crippen LogP contribution >= 0.6 is 23.2 Å². The summed E-state index contributed by atoms with van der Waals surface area (Å²) in [4.78, 5) is 22.9. The zero-order chi connectivity index (χ0) is 12.3. The molecule has 3 nitrogen and oxygen atoms in total. The summed E-state index contributed by atoms with van der Waals surface area (Å²) in [7, 11) is 1.26. The summed E-state index contributed by atoms with van der Waals surface area (Å²) in [6, 6.07) is 4.32. The average Bonchev–Trinajstić information content (AvgIpc) is 2.25. The Bertz CT molecular complexity index is 427. The number of halogens is 2. The monoisotopic (exact) mass is 260 g/mol. The standard InChI is InChI=1S/C11H10Cl2O3/c1-6(12)10(14)7-3-8(11(15)16-2)5-9(13)4-7/h3-6H,1-2H3. The highest BCUT2D eigenvalue weighted by Gasteiger charge is 2.16. The van der Waals surface area contributed by atoms with E-state index in [0.29, 0.717) is 10.6 Å². The Hall–Kier alpha value is -1.06. The Kier molecular flexibility index (Phi) is 4.33. The lowest BCUT2D eigenvalue weighted by Crippen LogP contribution is -2.12. The van der Waals surface area contributed by atoms with Gasteiger partial charge in [0.25, 0.3) is 0 Å². The van der Waals surface area contributed by atoms with Crippen LogP contribution in [-0.2, 0) is 4.74 Å². The van der Waals surface area contributed by atoms with E-state index in [2.05, 4.69) is 4.74 Å². The number of methoxy groups -OCH3 is 1. The van der Waals surface area contributed by atoms with Crippen LogP contribution in [0.1, 0.15) is 27.6 Å². The highest BCUT2D eigenvalue weighted by atomic mass is 35.5. The molecule has 1 atom stereocenters. The first-order valence-corrected chi connectivity index (χ1v) is 5.34. The van der Waals surface area contributed by atoms with Gasteiger partial charge in [0.05, 0.1) is 18.1 Å². The first-order chi connectivity index (χ1) is 7.45. The number of hydrogen-bond acceptors (Lipinski definition) is 3. The first kappa shape index (κ1) is 13.0. The molecule has 1 aromatic carbocycles. The van der Waals surface area contributed by atoms with Gasteiger partial charge in [-0.2, -0.15) is 0 Å². The van der Waals surface area contributed by atoms with Crippen LogP contribution in [0.25, 0.3) is 0 Å². The van der Waals surface area contributed by atoms with Gasteiger partial charge in [0.1, 0.15) is 0 Å². The van der Waals surface area contributed by atoms with Crippen molar-refractivity contribution < 1.29 is 14.3 Å². The molecule has 0 aliphatic rings. The zero-order valence-electron chi connectivity index (χ0n) is 8.79. The second-order valence-corrected chi connectivity index (χ2v) is 4.29. The van der Waals surface area contributed by atoms with Gasteiger partial charge in [-0.15, -0.1) is 11.6 Å². The minimum atomic E-state index is -0.663. The van der Waals surface area contributed by atoms with E-state index in [1.54, 1.807) is 6.92 Å². The lowest BCUT2D eigenvalue weighted by molar-refractivity contribution is 0.0600. The van der Waals surface area contributed by atoms with Crippen LogP contribution < -0.4 is 0 Å². The maximum Gasteiger partial charge on any atom is 0.337 e. The molecule has 0 aliphatic heterocycles. The van der Waals surface area contributed by atoms with E-state index in [0.717, 1.165) is 0 Å². The predicted octanol–water partition coefficient (Wildman–Crippen LogP) is 2.94. The number of esters is 1. The normalized spacial score (nSPS) is 12.0. The Labute approximate surface area is 103 Å². The van der Waals surface area contributed by atoms with E-state index in [-0.39, 0.29) is 11.3 Å². The Morgan fingerprint density at radius 3 is 2.31 bits per heavy atom. The number of hydrogen-bond donors (Lipinski definition) is 0. The van der Waals surface area contributed by atoms with Crippen molar-refractivity contribution in [2.24, 2.45) is 0 Å². The minimum absolute atomic E-state index is 0.232. The van der Waals surface area contributed by atoms with Crippen molar-refractivity contribution in [1.82, 2.24) is 0 Å². The maximum atomic E-state index is 11.6. The van der Waals surface area contributed by atoms with E-state index in [9.17, 15) is 9.59 Å². The fraction of sp³-hybridized carbons (Fsp3) is 0.273. The lowest BCUT2D eigenvalue weighted by atomic mass is 10.1. The molecule has 0 aliphatic carbocycles. The molecule has 1 aromatic rings. The molecule has 0 saturated heterocycles. The Morgan fingerprint density at radius 2 is 1.81 bits per heavy atom. The van der Waals surface area contributed by atoms with E-state index < -0.39 is 11.3 Å². The van der Waals surface area contributed by atoms with Gasteiger partial charge < -0.3 is 4.74 Å². The SMILES string of the molecule is COC(=O)c1cc(Cl)cc(C(=O)C(C)Cl)c1. The van der Waals surface area contributed by atoms with Crippen molar-refractivity contribution >= 4 is 35.0 Å². The van der Waals surface area contributed by atoms with Gasteiger partial charge in [0.15, 0.2) is 5.78 Å². The molecule has 0 aromatic heterocycles. The quantitative estimate of drug-likeness (QED) is 0.477. The zero-order valence-corrected chi connectivity index (χ0v) is 10.3. The summed E-state index contributed by atoms with van der Waals surface area (Å²) >= 11 is 11.5. The van der Waals surface area contributed by atoms with Crippen LogP contribution in [0.2, 0.25) is 5.02 Å². The van der Waals surface area contributed by atoms with Crippen molar-refractivity contribution in [2.45, 2.75) is 12.3 Å². The fourth-order valence-corrected chi connectivity index (χ4v) is 1.56. The molecule has 0 fully saturated rings. The number of Topliss-reactive ketones (excluding diaryl/α,β-unsaturated/α-hetero) is 1. The van der Waals surface area contributed by atoms with Gasteiger partial charge in [-0.1, -0.05) is 11.6 Å². The van der Waals surface area contributed by atoms with Crippen LogP contribution in [0.5, 0.6) is 0 Å². The maximum absolute atomic E-state index is 11.6. The van der Waals surface area contributed by atoms with Crippen LogP contribution in [0.4, 0.5) is 0 Å². The number of benzene rings is 1. The number of carbonyl (C=O) groups excluding carboxylic acids is 2. The molecule has 0 heterocycles. The first-order valence-electron chi connectivity index (χ1n) is 4.53. The van der Waals surface area contributed by atoms with Gasteiger partial charge in [0.2, 0.25) is 0 Å². The summed E-state index contributed by atoms with van der Waals surface area (Å²) in [5, 5.41) is -0.368. The van der Waals surface area contributed by atoms with E-state index >= 15 is 0 Å². The van der Waals surface area contributed by atoms with Crippen molar-refractivity contribution in [3.63, 3.8) is 0 Å². The van der Waals surface area contributed by atoms with Crippen LogP contribution in [0, 0.1) is 0 Å². The van der Waals surface area contributed by atoms with Gasteiger partial charge in [0, 0.05) is 10.6 Å². The highest BCUT2D eigenvalue weighted by molar-refractivity contribution is 6.35. The molecule has 0 spiro atoms. The van der Waals surface area contributed by atoms with Gasteiger partial charge in [-0.25, -0.2) is 4.79 Å². The molecule has 0 N–H and O–H groups in total. The molecule has 1 rings (SSSR count). The van der Waals surface area contributed by atoms with E-state index in [4.69, 9.17) is 23.2 Å². The molecular weight excluding hydrogens is 251 g/mol. The van der Waals surface area contributed by atoms with Gasteiger partial charge >= 0.3 is 5.97 Å². The molecule has 16 heavy (non-hydrogen) atoms. The van der Waals surface area contributed by atoms with Crippen LogP contribution in [0.15, 0.2) is 18.2 Å². The molecule has 0 bridgehead atoms. The third kappa shape index (κ3) is 2.97. The molecule has 86 valence electrons. The largest absolute Gasteiger partial charge is 0.465 e. The summed E-state index contributed by atoms with van der Waals surface area (Å²) in [5.74, 6) is -0.826. The summed E-state index contributed by atoms with van der Waals surface area (Å²) < 4.78 is 4.54. The average molecular weight is 261 g/mol. The molecular formula is C11H10Cl2O3. The molecule has 0 radical (unpaired) electrons. The van der Waals surface area contributed by atoms with Crippen molar-refractivity contribution in [2.75, 3.05) is 7.11 Å². The predicted molar refractivity (Wildman–Crippen MR) is 62.4 cm³/mol. The van der Waals surface area contributed by atoms with E-state index in [1.165, 1.54) is 25.3 Å². The smallest absolute Gasteiger partial charge is 0.337 e. The third-order valence-electron chi connectivity index (χ3n) is 1.96. The number of carbonyl (C=O) groups is 2. The number of rotatable bonds is 3. The van der Waals surface area contributed by atoms with Crippen LogP contribution in [-0.4, -0.2) is 24.2 Å². The Morgan fingerprint density at radius 1 is 1.25 bits per heavy atom. The number of alkyl halides is 1. The van der Waals surface area contributed by atoms with Crippen LogP contribution in [0.3, 0.4) is 0 Å². The van der Waals surface area contributed by atoms with Gasteiger partial charge in [-0.05, 0) is 25.1 Å².